The average Bonchev–Trinajstić information content (AvgIpc) is 2.52. The van der Waals surface area contributed by atoms with E-state index in [0.29, 0.717) is 18.5 Å². The van der Waals surface area contributed by atoms with E-state index >= 15 is 0 Å². The number of carboxylic acids is 1. The molecule has 0 aliphatic carbocycles. The summed E-state index contributed by atoms with van der Waals surface area (Å²) in [6.07, 6.45) is 2.37. The molecular weight excluding hydrogens is 288 g/mol. The highest BCUT2D eigenvalue weighted by atomic mass is 16.6. The smallest absolute Gasteiger partial charge is 0.326 e. The number of para-hydroxylation sites is 1. The number of nitro groups is 1. The average molecular weight is 306 g/mol. The minimum atomic E-state index is -0.987. The standard InChI is InChI=1S/C15H18N2O5/c18-14(16-10-4-3-7-13(16)15(19)20)9-8-11-5-1-2-6-12(11)17(21)22/h1-2,5-6,13H,3-4,7-10H2,(H,19,20). The second-order valence-electron chi connectivity index (χ2n) is 5.32. The Hall–Kier alpha value is -2.44. The quantitative estimate of drug-likeness (QED) is 0.662. The molecule has 22 heavy (non-hydrogen) atoms. The number of carboxylic acid groups (broad SMARTS) is 1. The van der Waals surface area contributed by atoms with Crippen molar-refractivity contribution in [2.45, 2.75) is 38.1 Å². The molecule has 1 amide bonds. The Kier molecular flexibility index (Phi) is 5.08. The number of rotatable bonds is 5. The molecule has 118 valence electrons. The fourth-order valence-electron chi connectivity index (χ4n) is 2.77. The molecule has 7 heteroatoms. The SMILES string of the molecule is O=C(O)C1CCCCN1C(=O)CCc1ccccc1[N+](=O)[O-]. The Morgan fingerprint density at radius 1 is 1.32 bits per heavy atom. The van der Waals surface area contributed by atoms with Crippen LogP contribution in [0.3, 0.4) is 0 Å². The van der Waals surface area contributed by atoms with Gasteiger partial charge in [-0.2, -0.15) is 0 Å². The number of carbonyl (C=O) groups excluding carboxylic acids is 1. The van der Waals surface area contributed by atoms with E-state index < -0.39 is 16.9 Å². The van der Waals surface area contributed by atoms with Crippen LogP contribution in [0.15, 0.2) is 24.3 Å². The van der Waals surface area contributed by atoms with E-state index in [9.17, 15) is 24.8 Å². The molecule has 0 saturated carbocycles. The third-order valence-corrected chi connectivity index (χ3v) is 3.90. The van der Waals surface area contributed by atoms with Crippen LogP contribution in [0.2, 0.25) is 0 Å². The minimum absolute atomic E-state index is 0.0104. The topological polar surface area (TPSA) is 101 Å². The lowest BCUT2D eigenvalue weighted by Gasteiger charge is -2.33. The van der Waals surface area contributed by atoms with Crippen molar-refractivity contribution < 1.29 is 19.6 Å². The first-order valence-corrected chi connectivity index (χ1v) is 7.25. The number of aliphatic carboxylic acids is 1. The normalized spacial score (nSPS) is 18.0. The first kappa shape index (κ1) is 15.9. The van der Waals surface area contributed by atoms with Gasteiger partial charge in [-0.3, -0.25) is 14.9 Å². The van der Waals surface area contributed by atoms with Crippen molar-refractivity contribution >= 4 is 17.6 Å². The third-order valence-electron chi connectivity index (χ3n) is 3.90. The van der Waals surface area contributed by atoms with Gasteiger partial charge in [0, 0.05) is 24.6 Å². The molecule has 2 rings (SSSR count). The number of likely N-dealkylation sites (tertiary alicyclic amines) is 1. The van der Waals surface area contributed by atoms with Crippen LogP contribution in [-0.4, -0.2) is 39.4 Å². The highest BCUT2D eigenvalue weighted by Crippen LogP contribution is 2.22. The number of amides is 1. The molecule has 1 aromatic rings. The number of benzene rings is 1. The first-order chi connectivity index (χ1) is 10.5. The molecule has 1 atom stereocenters. The maximum absolute atomic E-state index is 12.3. The lowest BCUT2D eigenvalue weighted by Crippen LogP contribution is -2.48. The summed E-state index contributed by atoms with van der Waals surface area (Å²) in [7, 11) is 0. The highest BCUT2D eigenvalue weighted by molar-refractivity contribution is 5.84. The Morgan fingerprint density at radius 2 is 2.05 bits per heavy atom. The summed E-state index contributed by atoms with van der Waals surface area (Å²) in [6, 6.07) is 5.52. The number of hydrogen-bond acceptors (Lipinski definition) is 4. The second kappa shape index (κ2) is 7.02. The zero-order valence-electron chi connectivity index (χ0n) is 12.1. The number of nitrogens with zero attached hydrogens (tertiary/aromatic N) is 2. The fourth-order valence-corrected chi connectivity index (χ4v) is 2.77. The van der Waals surface area contributed by atoms with Gasteiger partial charge >= 0.3 is 5.97 Å². The van der Waals surface area contributed by atoms with Crippen LogP contribution in [0, 0.1) is 10.1 Å². The van der Waals surface area contributed by atoms with Gasteiger partial charge in [0.2, 0.25) is 5.91 Å². The van der Waals surface area contributed by atoms with Crippen molar-refractivity contribution in [3.8, 4) is 0 Å². The number of nitro benzene ring substituents is 1. The largest absolute Gasteiger partial charge is 0.480 e. The van der Waals surface area contributed by atoms with Crippen LogP contribution >= 0.6 is 0 Å². The van der Waals surface area contributed by atoms with Gasteiger partial charge in [-0.1, -0.05) is 18.2 Å². The highest BCUT2D eigenvalue weighted by Gasteiger charge is 2.31. The summed E-state index contributed by atoms with van der Waals surface area (Å²) in [5.41, 5.74) is 0.480. The molecule has 1 N–H and O–H groups in total. The third kappa shape index (κ3) is 3.60. The van der Waals surface area contributed by atoms with Crippen LogP contribution in [0.25, 0.3) is 0 Å². The Morgan fingerprint density at radius 3 is 2.73 bits per heavy atom. The Bertz CT molecular complexity index is 587. The van der Waals surface area contributed by atoms with E-state index in [1.165, 1.54) is 11.0 Å². The molecule has 1 aliphatic rings. The number of hydrogen-bond donors (Lipinski definition) is 1. The number of aryl methyl sites for hydroxylation is 1. The van der Waals surface area contributed by atoms with Crippen LogP contribution in [-0.2, 0) is 16.0 Å². The molecule has 1 unspecified atom stereocenters. The molecule has 7 nitrogen and oxygen atoms in total. The number of piperidine rings is 1. The molecule has 1 aliphatic heterocycles. The van der Waals surface area contributed by atoms with Gasteiger partial charge in [0.1, 0.15) is 6.04 Å². The monoisotopic (exact) mass is 306 g/mol. The van der Waals surface area contributed by atoms with E-state index in [0.717, 1.165) is 12.8 Å². The molecule has 0 aromatic heterocycles. The van der Waals surface area contributed by atoms with Gasteiger partial charge < -0.3 is 10.0 Å². The Labute approximate surface area is 127 Å². The van der Waals surface area contributed by atoms with Gasteiger partial charge in [0.15, 0.2) is 0 Å². The van der Waals surface area contributed by atoms with Gasteiger partial charge in [-0.05, 0) is 25.7 Å². The van der Waals surface area contributed by atoms with Crippen molar-refractivity contribution in [1.82, 2.24) is 4.90 Å². The van der Waals surface area contributed by atoms with Gasteiger partial charge in [0.25, 0.3) is 5.69 Å². The van der Waals surface area contributed by atoms with Gasteiger partial charge in [-0.25, -0.2) is 4.79 Å². The zero-order valence-corrected chi connectivity index (χ0v) is 12.1. The van der Waals surface area contributed by atoms with Crippen molar-refractivity contribution in [2.75, 3.05) is 6.54 Å². The maximum atomic E-state index is 12.3. The van der Waals surface area contributed by atoms with E-state index in [1.807, 2.05) is 0 Å². The summed E-state index contributed by atoms with van der Waals surface area (Å²) in [6.45, 7) is 0.437. The van der Waals surface area contributed by atoms with Crippen molar-refractivity contribution in [2.24, 2.45) is 0 Å². The van der Waals surface area contributed by atoms with Crippen LogP contribution in [0.4, 0.5) is 5.69 Å². The second-order valence-corrected chi connectivity index (χ2v) is 5.32. The molecule has 1 fully saturated rings. The van der Waals surface area contributed by atoms with Crippen molar-refractivity contribution in [1.29, 1.82) is 0 Å². The first-order valence-electron chi connectivity index (χ1n) is 7.25. The lowest BCUT2D eigenvalue weighted by molar-refractivity contribution is -0.385. The van der Waals surface area contributed by atoms with Gasteiger partial charge in [0.05, 0.1) is 4.92 Å². The van der Waals surface area contributed by atoms with Crippen LogP contribution in [0.5, 0.6) is 0 Å². The summed E-state index contributed by atoms with van der Waals surface area (Å²) in [5, 5.41) is 20.1. The number of carbonyl (C=O) groups is 2. The minimum Gasteiger partial charge on any atom is -0.480 e. The van der Waals surface area contributed by atoms with E-state index in [-0.39, 0.29) is 24.4 Å². The predicted molar refractivity (Wildman–Crippen MR) is 78.4 cm³/mol. The van der Waals surface area contributed by atoms with Gasteiger partial charge in [-0.15, -0.1) is 0 Å². The maximum Gasteiger partial charge on any atom is 0.326 e. The van der Waals surface area contributed by atoms with Crippen molar-refractivity contribution in [3.05, 3.63) is 39.9 Å². The summed E-state index contributed by atoms with van der Waals surface area (Å²) in [4.78, 5) is 35.3. The molecule has 0 radical (unpaired) electrons. The molecule has 0 spiro atoms. The van der Waals surface area contributed by atoms with Crippen LogP contribution < -0.4 is 0 Å². The fraction of sp³-hybridized carbons (Fsp3) is 0.467. The summed E-state index contributed by atoms with van der Waals surface area (Å²) < 4.78 is 0. The van der Waals surface area contributed by atoms with E-state index in [4.69, 9.17) is 0 Å². The molecule has 0 bridgehead atoms. The van der Waals surface area contributed by atoms with Crippen molar-refractivity contribution in [3.63, 3.8) is 0 Å². The zero-order chi connectivity index (χ0) is 16.1. The van der Waals surface area contributed by atoms with Crippen LogP contribution in [0.1, 0.15) is 31.2 Å². The lowest BCUT2D eigenvalue weighted by atomic mass is 10.0. The molecule has 1 heterocycles. The molecule has 1 saturated heterocycles. The molecular formula is C15H18N2O5. The van der Waals surface area contributed by atoms with E-state index in [1.54, 1.807) is 18.2 Å². The summed E-state index contributed by atoms with van der Waals surface area (Å²) >= 11 is 0. The Balaban J connectivity index is 2.03. The van der Waals surface area contributed by atoms with E-state index in [2.05, 4.69) is 0 Å². The predicted octanol–water partition coefficient (Wildman–Crippen LogP) is 1.99. The summed E-state index contributed by atoms with van der Waals surface area (Å²) in [5.74, 6) is -1.25. The molecule has 1 aromatic carbocycles.